The Kier molecular flexibility index (Phi) is 4.21. The predicted molar refractivity (Wildman–Crippen MR) is 80.4 cm³/mol. The standard InChI is InChI=1S/C16H18N2O3/c1-10(2)14-8-12(16(21)18(3)9-15(19)20)11-6-4-5-7-13(11)17-14/h4-8,10H,9H2,1-3H3,(H,19,20). The molecule has 0 aliphatic heterocycles. The molecule has 0 saturated carbocycles. The lowest BCUT2D eigenvalue weighted by Crippen LogP contribution is -2.32. The van der Waals surface area contributed by atoms with E-state index < -0.39 is 5.97 Å². The van der Waals surface area contributed by atoms with E-state index in [1.807, 2.05) is 38.1 Å². The molecule has 110 valence electrons. The molecule has 1 N–H and O–H groups in total. The van der Waals surface area contributed by atoms with Crippen LogP contribution in [0, 0.1) is 0 Å². The molecule has 1 aromatic carbocycles. The number of carboxylic acids is 1. The van der Waals surface area contributed by atoms with E-state index in [1.54, 1.807) is 6.07 Å². The number of carbonyl (C=O) groups is 2. The normalized spacial score (nSPS) is 10.9. The Morgan fingerprint density at radius 3 is 2.57 bits per heavy atom. The molecular formula is C16H18N2O3. The van der Waals surface area contributed by atoms with Crippen molar-refractivity contribution in [1.29, 1.82) is 0 Å². The van der Waals surface area contributed by atoms with Crippen LogP contribution in [0.2, 0.25) is 0 Å². The van der Waals surface area contributed by atoms with Crippen molar-refractivity contribution in [1.82, 2.24) is 9.88 Å². The smallest absolute Gasteiger partial charge is 0.323 e. The van der Waals surface area contributed by atoms with E-state index in [0.717, 1.165) is 16.6 Å². The van der Waals surface area contributed by atoms with Crippen molar-refractivity contribution >= 4 is 22.8 Å². The second-order valence-electron chi connectivity index (χ2n) is 5.32. The maximum absolute atomic E-state index is 12.5. The molecule has 0 spiro atoms. The van der Waals surface area contributed by atoms with Crippen molar-refractivity contribution in [3.63, 3.8) is 0 Å². The SMILES string of the molecule is CC(C)c1cc(C(=O)N(C)CC(=O)O)c2ccccc2n1. The maximum atomic E-state index is 12.5. The van der Waals surface area contributed by atoms with E-state index in [4.69, 9.17) is 5.11 Å². The first kappa shape index (κ1) is 15.0. The number of pyridine rings is 1. The molecule has 5 heteroatoms. The minimum atomic E-state index is -1.03. The van der Waals surface area contributed by atoms with Gasteiger partial charge in [-0.05, 0) is 18.1 Å². The Labute approximate surface area is 123 Å². The highest BCUT2D eigenvalue weighted by Crippen LogP contribution is 2.23. The van der Waals surface area contributed by atoms with Gasteiger partial charge in [-0.25, -0.2) is 0 Å². The van der Waals surface area contributed by atoms with E-state index in [1.165, 1.54) is 11.9 Å². The van der Waals surface area contributed by atoms with Crippen LogP contribution in [0.3, 0.4) is 0 Å². The molecule has 0 fully saturated rings. The van der Waals surface area contributed by atoms with Crippen molar-refractivity contribution in [3.8, 4) is 0 Å². The van der Waals surface area contributed by atoms with Gasteiger partial charge in [0.05, 0.1) is 11.1 Å². The van der Waals surface area contributed by atoms with E-state index >= 15 is 0 Å². The summed E-state index contributed by atoms with van der Waals surface area (Å²) in [6.07, 6.45) is 0. The summed E-state index contributed by atoms with van der Waals surface area (Å²) in [4.78, 5) is 29.0. The molecule has 0 radical (unpaired) electrons. The molecule has 1 heterocycles. The highest BCUT2D eigenvalue weighted by atomic mass is 16.4. The zero-order valence-corrected chi connectivity index (χ0v) is 12.3. The van der Waals surface area contributed by atoms with Gasteiger partial charge < -0.3 is 10.0 Å². The van der Waals surface area contributed by atoms with Crippen LogP contribution >= 0.6 is 0 Å². The Morgan fingerprint density at radius 1 is 1.29 bits per heavy atom. The number of aliphatic carboxylic acids is 1. The number of hydrogen-bond acceptors (Lipinski definition) is 3. The number of benzene rings is 1. The van der Waals surface area contributed by atoms with Gasteiger partial charge in [-0.2, -0.15) is 0 Å². The highest BCUT2D eigenvalue weighted by Gasteiger charge is 2.19. The maximum Gasteiger partial charge on any atom is 0.323 e. The number of aromatic nitrogens is 1. The number of carbonyl (C=O) groups excluding carboxylic acids is 1. The second kappa shape index (κ2) is 5.91. The lowest BCUT2D eigenvalue weighted by molar-refractivity contribution is -0.137. The summed E-state index contributed by atoms with van der Waals surface area (Å²) in [5.74, 6) is -1.16. The molecule has 0 saturated heterocycles. The van der Waals surface area contributed by atoms with Gasteiger partial charge in [-0.3, -0.25) is 14.6 Å². The molecule has 0 atom stereocenters. The van der Waals surface area contributed by atoms with Crippen LogP contribution in [0.4, 0.5) is 0 Å². The summed E-state index contributed by atoms with van der Waals surface area (Å²) in [6, 6.07) is 9.15. The summed E-state index contributed by atoms with van der Waals surface area (Å²) in [6.45, 7) is 3.69. The van der Waals surface area contributed by atoms with Crippen LogP contribution in [-0.4, -0.2) is 40.5 Å². The summed E-state index contributed by atoms with van der Waals surface area (Å²) in [7, 11) is 1.49. The van der Waals surface area contributed by atoms with Gasteiger partial charge in [0.15, 0.2) is 0 Å². The van der Waals surface area contributed by atoms with Gasteiger partial charge in [0.2, 0.25) is 0 Å². The molecule has 0 aliphatic rings. The van der Waals surface area contributed by atoms with Crippen molar-refractivity contribution in [2.45, 2.75) is 19.8 Å². The number of rotatable bonds is 4. The fourth-order valence-electron chi connectivity index (χ4n) is 2.15. The minimum absolute atomic E-state index is 0.186. The lowest BCUT2D eigenvalue weighted by Gasteiger charge is -2.17. The van der Waals surface area contributed by atoms with Gasteiger partial charge in [-0.15, -0.1) is 0 Å². The molecule has 0 bridgehead atoms. The predicted octanol–water partition coefficient (Wildman–Crippen LogP) is 2.51. The van der Waals surface area contributed by atoms with Crippen molar-refractivity contribution in [3.05, 3.63) is 41.6 Å². The van der Waals surface area contributed by atoms with Gasteiger partial charge in [0.25, 0.3) is 5.91 Å². The summed E-state index contributed by atoms with van der Waals surface area (Å²) < 4.78 is 0. The van der Waals surface area contributed by atoms with Gasteiger partial charge >= 0.3 is 5.97 Å². The number of amides is 1. The third-order valence-electron chi connectivity index (χ3n) is 3.28. The van der Waals surface area contributed by atoms with Crippen LogP contribution < -0.4 is 0 Å². The quantitative estimate of drug-likeness (QED) is 0.937. The molecule has 5 nitrogen and oxygen atoms in total. The van der Waals surface area contributed by atoms with Crippen molar-refractivity contribution < 1.29 is 14.7 Å². The Bertz CT molecular complexity index is 695. The van der Waals surface area contributed by atoms with Crippen molar-refractivity contribution in [2.75, 3.05) is 13.6 Å². The van der Waals surface area contributed by atoms with Crippen LogP contribution in [0.5, 0.6) is 0 Å². The molecule has 2 aromatic rings. The lowest BCUT2D eigenvalue weighted by atomic mass is 10.0. The highest BCUT2D eigenvalue weighted by molar-refractivity contribution is 6.06. The van der Waals surface area contributed by atoms with Gasteiger partial charge in [-0.1, -0.05) is 32.0 Å². The minimum Gasteiger partial charge on any atom is -0.480 e. The Morgan fingerprint density at radius 2 is 1.95 bits per heavy atom. The number of carboxylic acid groups (broad SMARTS) is 1. The molecule has 1 aromatic heterocycles. The van der Waals surface area contributed by atoms with Crippen LogP contribution in [0.15, 0.2) is 30.3 Å². The Balaban J connectivity index is 2.55. The van der Waals surface area contributed by atoms with E-state index in [-0.39, 0.29) is 18.4 Å². The second-order valence-corrected chi connectivity index (χ2v) is 5.32. The monoisotopic (exact) mass is 286 g/mol. The van der Waals surface area contributed by atoms with Crippen LogP contribution in [0.25, 0.3) is 10.9 Å². The molecular weight excluding hydrogens is 268 g/mol. The summed E-state index contributed by atoms with van der Waals surface area (Å²) in [5.41, 5.74) is 2.06. The molecule has 1 amide bonds. The number of nitrogens with zero attached hydrogens (tertiary/aromatic N) is 2. The first-order valence-corrected chi connectivity index (χ1v) is 6.77. The molecule has 2 rings (SSSR count). The van der Waals surface area contributed by atoms with E-state index in [9.17, 15) is 9.59 Å². The van der Waals surface area contributed by atoms with E-state index in [0.29, 0.717) is 5.56 Å². The van der Waals surface area contributed by atoms with Crippen molar-refractivity contribution in [2.24, 2.45) is 0 Å². The van der Waals surface area contributed by atoms with Crippen LogP contribution in [0.1, 0.15) is 35.8 Å². The number of fused-ring (bicyclic) bond motifs is 1. The topological polar surface area (TPSA) is 70.5 Å². The first-order chi connectivity index (χ1) is 9.90. The van der Waals surface area contributed by atoms with Crippen LogP contribution in [-0.2, 0) is 4.79 Å². The average Bonchev–Trinajstić information content (AvgIpc) is 2.44. The first-order valence-electron chi connectivity index (χ1n) is 6.77. The fraction of sp³-hybridized carbons (Fsp3) is 0.312. The largest absolute Gasteiger partial charge is 0.480 e. The number of hydrogen-bond donors (Lipinski definition) is 1. The van der Waals surface area contributed by atoms with E-state index in [2.05, 4.69) is 4.98 Å². The average molecular weight is 286 g/mol. The van der Waals surface area contributed by atoms with Gasteiger partial charge in [0.1, 0.15) is 6.54 Å². The third kappa shape index (κ3) is 3.18. The molecule has 0 unspecified atom stereocenters. The number of para-hydroxylation sites is 1. The summed E-state index contributed by atoms with van der Waals surface area (Å²) in [5, 5.41) is 9.57. The fourth-order valence-corrected chi connectivity index (χ4v) is 2.15. The van der Waals surface area contributed by atoms with Gasteiger partial charge in [0, 0.05) is 18.1 Å². The Hall–Kier alpha value is -2.43. The zero-order chi connectivity index (χ0) is 15.6. The number of likely N-dealkylation sites (N-methyl/N-ethyl adjacent to an activating group) is 1. The zero-order valence-electron chi connectivity index (χ0n) is 12.3. The molecule has 0 aliphatic carbocycles. The summed E-state index contributed by atoms with van der Waals surface area (Å²) >= 11 is 0. The third-order valence-corrected chi connectivity index (χ3v) is 3.28. The molecule has 21 heavy (non-hydrogen) atoms.